The molecule has 0 amide bonds. The molecule has 0 aliphatic carbocycles. The first-order valence-electron chi connectivity index (χ1n) is 9.36. The van der Waals surface area contributed by atoms with Gasteiger partial charge in [-0.15, -0.1) is 0 Å². The van der Waals surface area contributed by atoms with Gasteiger partial charge in [-0.2, -0.15) is 0 Å². The van der Waals surface area contributed by atoms with Gasteiger partial charge in [-0.25, -0.2) is 4.79 Å². The summed E-state index contributed by atoms with van der Waals surface area (Å²) in [4.78, 5) is 25.9. The maximum Gasteiger partial charge on any atom is 0.343 e. The molecule has 4 heteroatoms. The number of aryl methyl sites for hydroxylation is 3. The minimum absolute atomic E-state index is 0.0986. The second kappa shape index (κ2) is 7.40. The predicted molar refractivity (Wildman–Crippen MR) is 114 cm³/mol. The van der Waals surface area contributed by atoms with Gasteiger partial charge in [-0.05, 0) is 56.2 Å². The van der Waals surface area contributed by atoms with Crippen LogP contribution in [0.25, 0.3) is 22.3 Å². The molecule has 0 unspecified atom stereocenters. The number of rotatable bonds is 3. The Balaban J connectivity index is 1.94. The third kappa shape index (κ3) is 3.57. The van der Waals surface area contributed by atoms with Crippen LogP contribution in [-0.2, 0) is 0 Å². The molecule has 0 N–H and O–H groups in total. The van der Waals surface area contributed by atoms with Crippen molar-refractivity contribution in [1.29, 1.82) is 0 Å². The molecule has 0 saturated heterocycles. The van der Waals surface area contributed by atoms with Crippen molar-refractivity contribution >= 4 is 16.9 Å². The second-order valence-electron chi connectivity index (χ2n) is 7.14. The van der Waals surface area contributed by atoms with Crippen molar-refractivity contribution in [1.82, 2.24) is 0 Å². The molecule has 4 rings (SSSR count). The van der Waals surface area contributed by atoms with Crippen LogP contribution in [0.5, 0.6) is 5.75 Å². The van der Waals surface area contributed by atoms with E-state index in [0.29, 0.717) is 22.1 Å². The largest absolute Gasteiger partial charge is 0.452 e. The fourth-order valence-corrected chi connectivity index (χ4v) is 3.15. The molecule has 4 aromatic rings. The van der Waals surface area contributed by atoms with Gasteiger partial charge < -0.3 is 9.15 Å². The lowest BCUT2D eigenvalue weighted by molar-refractivity contribution is 0.0731. The molecule has 1 aromatic heterocycles. The number of carbonyl (C=O) groups is 1. The summed E-state index contributed by atoms with van der Waals surface area (Å²) in [7, 11) is 0. The van der Waals surface area contributed by atoms with Gasteiger partial charge in [0.05, 0.1) is 10.9 Å². The number of ether oxygens (including phenoxy) is 1. The standard InChI is InChI=1S/C25H20O4/c1-15-9-11-18(12-10-15)23-24(29-25(27)19-7-5-4-6-8-19)22(26)20-13-16(2)17(3)14-21(20)28-23/h4-14H,1-3H3. The molecule has 0 aliphatic heterocycles. The lowest BCUT2D eigenvalue weighted by Crippen LogP contribution is -2.16. The summed E-state index contributed by atoms with van der Waals surface area (Å²) in [5.74, 6) is -0.456. The van der Waals surface area contributed by atoms with Crippen molar-refractivity contribution in [3.63, 3.8) is 0 Å². The van der Waals surface area contributed by atoms with Crippen molar-refractivity contribution in [2.75, 3.05) is 0 Å². The molecular formula is C25H20O4. The first kappa shape index (κ1) is 18.7. The van der Waals surface area contributed by atoms with Crippen LogP contribution in [0, 0.1) is 20.8 Å². The number of carbonyl (C=O) groups excluding carboxylic acids is 1. The zero-order chi connectivity index (χ0) is 20.5. The molecule has 0 saturated carbocycles. The molecule has 0 radical (unpaired) electrons. The highest BCUT2D eigenvalue weighted by molar-refractivity contribution is 5.93. The molecule has 3 aromatic carbocycles. The first-order chi connectivity index (χ1) is 13.9. The summed E-state index contributed by atoms with van der Waals surface area (Å²) in [5.41, 5.74) is 4.19. The van der Waals surface area contributed by atoms with Crippen molar-refractivity contribution in [3.8, 4) is 17.1 Å². The van der Waals surface area contributed by atoms with E-state index in [1.807, 2.05) is 57.2 Å². The molecule has 0 atom stereocenters. The number of hydrogen-bond acceptors (Lipinski definition) is 4. The fraction of sp³-hybridized carbons (Fsp3) is 0.120. The summed E-state index contributed by atoms with van der Waals surface area (Å²) in [6, 6.07) is 19.7. The maximum absolute atomic E-state index is 13.3. The highest BCUT2D eigenvalue weighted by atomic mass is 16.5. The van der Waals surface area contributed by atoms with Crippen LogP contribution in [-0.4, -0.2) is 5.97 Å². The van der Waals surface area contributed by atoms with E-state index in [1.165, 1.54) is 0 Å². The lowest BCUT2D eigenvalue weighted by atomic mass is 10.0. The average molecular weight is 384 g/mol. The number of benzene rings is 3. The van der Waals surface area contributed by atoms with E-state index >= 15 is 0 Å². The Hall–Kier alpha value is -3.66. The van der Waals surface area contributed by atoms with Crippen LogP contribution in [0.2, 0.25) is 0 Å². The number of fused-ring (bicyclic) bond motifs is 1. The smallest absolute Gasteiger partial charge is 0.343 e. The van der Waals surface area contributed by atoms with E-state index in [2.05, 4.69) is 0 Å². The number of hydrogen-bond donors (Lipinski definition) is 0. The van der Waals surface area contributed by atoms with E-state index in [-0.39, 0.29) is 16.9 Å². The highest BCUT2D eigenvalue weighted by Crippen LogP contribution is 2.32. The van der Waals surface area contributed by atoms with Crippen molar-refractivity contribution < 1.29 is 13.9 Å². The van der Waals surface area contributed by atoms with Crippen molar-refractivity contribution in [2.45, 2.75) is 20.8 Å². The van der Waals surface area contributed by atoms with Gasteiger partial charge in [0.25, 0.3) is 0 Å². The van der Waals surface area contributed by atoms with Crippen LogP contribution in [0.4, 0.5) is 0 Å². The van der Waals surface area contributed by atoms with Crippen molar-refractivity contribution in [2.24, 2.45) is 0 Å². The Morgan fingerprint density at radius 1 is 0.862 bits per heavy atom. The summed E-state index contributed by atoms with van der Waals surface area (Å²) >= 11 is 0. The summed E-state index contributed by atoms with van der Waals surface area (Å²) in [5, 5.41) is 0.389. The summed E-state index contributed by atoms with van der Waals surface area (Å²) in [6.07, 6.45) is 0. The molecule has 0 spiro atoms. The SMILES string of the molecule is Cc1ccc(-c2oc3cc(C)c(C)cc3c(=O)c2OC(=O)c2ccccc2)cc1. The Bertz CT molecular complexity index is 1270. The molecule has 0 aliphatic rings. The zero-order valence-electron chi connectivity index (χ0n) is 16.5. The minimum Gasteiger partial charge on any atom is -0.452 e. The normalized spacial score (nSPS) is 10.9. The van der Waals surface area contributed by atoms with Crippen LogP contribution in [0.15, 0.2) is 75.9 Å². The van der Waals surface area contributed by atoms with Gasteiger partial charge in [0.2, 0.25) is 11.2 Å². The molecule has 144 valence electrons. The number of esters is 1. The van der Waals surface area contributed by atoms with Gasteiger partial charge in [-0.3, -0.25) is 4.79 Å². The predicted octanol–water partition coefficient (Wildman–Crippen LogP) is 5.60. The quantitative estimate of drug-likeness (QED) is 0.431. The Morgan fingerprint density at radius 3 is 2.21 bits per heavy atom. The lowest BCUT2D eigenvalue weighted by Gasteiger charge is -2.12. The molecule has 1 heterocycles. The van der Waals surface area contributed by atoms with E-state index in [0.717, 1.165) is 16.7 Å². The summed E-state index contributed by atoms with van der Waals surface area (Å²) in [6.45, 7) is 5.87. The minimum atomic E-state index is -0.602. The van der Waals surface area contributed by atoms with Gasteiger partial charge in [-0.1, -0.05) is 48.0 Å². The third-order valence-electron chi connectivity index (χ3n) is 4.98. The molecular weight excluding hydrogens is 364 g/mol. The molecule has 29 heavy (non-hydrogen) atoms. The van der Waals surface area contributed by atoms with Gasteiger partial charge in [0, 0.05) is 5.56 Å². The monoisotopic (exact) mass is 384 g/mol. The zero-order valence-corrected chi connectivity index (χ0v) is 16.5. The third-order valence-corrected chi connectivity index (χ3v) is 4.98. The highest BCUT2D eigenvalue weighted by Gasteiger charge is 2.21. The average Bonchev–Trinajstić information content (AvgIpc) is 2.73. The molecule has 4 nitrogen and oxygen atoms in total. The van der Waals surface area contributed by atoms with Crippen LogP contribution in [0.1, 0.15) is 27.0 Å². The van der Waals surface area contributed by atoms with Gasteiger partial charge in [0.1, 0.15) is 5.58 Å². The fourth-order valence-electron chi connectivity index (χ4n) is 3.15. The van der Waals surface area contributed by atoms with Gasteiger partial charge in [0.15, 0.2) is 5.76 Å². The Labute approximate surface area is 168 Å². The van der Waals surface area contributed by atoms with E-state index in [4.69, 9.17) is 9.15 Å². The molecule has 0 bridgehead atoms. The van der Waals surface area contributed by atoms with Crippen molar-refractivity contribution in [3.05, 3.63) is 99.2 Å². The maximum atomic E-state index is 13.3. The van der Waals surface area contributed by atoms with E-state index in [9.17, 15) is 9.59 Å². The van der Waals surface area contributed by atoms with E-state index in [1.54, 1.807) is 30.3 Å². The first-order valence-corrected chi connectivity index (χ1v) is 9.36. The van der Waals surface area contributed by atoms with Crippen LogP contribution >= 0.6 is 0 Å². The van der Waals surface area contributed by atoms with E-state index < -0.39 is 5.97 Å². The van der Waals surface area contributed by atoms with Crippen LogP contribution in [0.3, 0.4) is 0 Å². The topological polar surface area (TPSA) is 56.5 Å². The van der Waals surface area contributed by atoms with Gasteiger partial charge >= 0.3 is 5.97 Å². The Morgan fingerprint density at radius 2 is 1.52 bits per heavy atom. The molecule has 0 fully saturated rings. The Kier molecular flexibility index (Phi) is 4.77. The second-order valence-corrected chi connectivity index (χ2v) is 7.14. The summed E-state index contributed by atoms with van der Waals surface area (Å²) < 4.78 is 11.7. The van der Waals surface area contributed by atoms with Crippen LogP contribution < -0.4 is 10.2 Å².